The number of benzene rings is 1. The van der Waals surface area contributed by atoms with Crippen LogP contribution in [-0.2, 0) is 0 Å². The summed E-state index contributed by atoms with van der Waals surface area (Å²) in [4.78, 5) is 10.6. The second kappa shape index (κ2) is 3.74. The van der Waals surface area contributed by atoms with Gasteiger partial charge in [-0.1, -0.05) is 12.1 Å². The third-order valence-electron chi connectivity index (χ3n) is 1.03. The third kappa shape index (κ3) is 2.52. The number of hydrogen-bond acceptors (Lipinski definition) is 2. The Balaban J connectivity index is 2.86. The Hall–Kier alpha value is -0.540. The van der Waals surface area contributed by atoms with Crippen molar-refractivity contribution in [2.45, 2.75) is 4.90 Å². The van der Waals surface area contributed by atoms with Crippen LogP contribution < -0.4 is 0 Å². The summed E-state index contributed by atoms with van der Waals surface area (Å²) in [6.45, 7) is 0. The summed E-state index contributed by atoms with van der Waals surface area (Å²) >= 11 is 5.72. The molecule has 0 amide bonds. The van der Waals surface area contributed by atoms with Crippen molar-refractivity contribution in [2.75, 3.05) is 0 Å². The van der Waals surface area contributed by atoms with Gasteiger partial charge in [0.05, 0.1) is 4.90 Å². The molecule has 1 aromatic carbocycles. The molecule has 0 aromatic heterocycles. The van der Waals surface area contributed by atoms with E-state index in [0.717, 1.165) is 0 Å². The van der Waals surface area contributed by atoms with Crippen LogP contribution in [0.25, 0.3) is 0 Å². The lowest BCUT2D eigenvalue weighted by Crippen LogP contribution is -1.80. The quantitative estimate of drug-likeness (QED) is 0.500. The summed E-state index contributed by atoms with van der Waals surface area (Å²) in [6.07, 6.45) is 0. The molecular formula is C7H4ClFOS. The van der Waals surface area contributed by atoms with E-state index in [1.165, 1.54) is 12.1 Å². The van der Waals surface area contributed by atoms with Crippen molar-refractivity contribution >= 4 is 27.9 Å². The Morgan fingerprint density at radius 1 is 1.45 bits per heavy atom. The first-order chi connectivity index (χ1) is 5.20. The standard InChI is InChI=1S/C7H4ClFOS/c8-7(10)11-6-4-2-1-3-5(6)9/h1-4H. The van der Waals surface area contributed by atoms with Crippen LogP contribution in [0.2, 0.25) is 0 Å². The van der Waals surface area contributed by atoms with Gasteiger partial charge in [0.1, 0.15) is 5.82 Å². The zero-order valence-electron chi connectivity index (χ0n) is 5.38. The number of hydrogen-bond donors (Lipinski definition) is 0. The monoisotopic (exact) mass is 190 g/mol. The lowest BCUT2D eigenvalue weighted by Gasteiger charge is -1.95. The molecule has 0 saturated carbocycles. The molecule has 11 heavy (non-hydrogen) atoms. The summed E-state index contributed by atoms with van der Waals surface area (Å²) in [5, 5.41) is 0. The molecule has 1 nitrogen and oxygen atoms in total. The first-order valence-corrected chi connectivity index (χ1v) is 4.01. The maximum absolute atomic E-state index is 12.7. The molecule has 0 heterocycles. The van der Waals surface area contributed by atoms with E-state index in [0.29, 0.717) is 11.8 Å². The molecule has 4 heteroatoms. The largest absolute Gasteiger partial charge is 0.284 e. The van der Waals surface area contributed by atoms with Gasteiger partial charge in [-0.15, -0.1) is 0 Å². The minimum atomic E-state index is -0.630. The van der Waals surface area contributed by atoms with Gasteiger partial charge < -0.3 is 0 Å². The van der Waals surface area contributed by atoms with Crippen molar-refractivity contribution in [1.82, 2.24) is 0 Å². The zero-order chi connectivity index (χ0) is 8.27. The summed E-state index contributed by atoms with van der Waals surface area (Å²) in [6, 6.07) is 5.98. The maximum Gasteiger partial charge on any atom is 0.284 e. The topological polar surface area (TPSA) is 17.1 Å². The van der Waals surface area contributed by atoms with E-state index in [4.69, 9.17) is 11.6 Å². The highest BCUT2D eigenvalue weighted by molar-refractivity contribution is 8.16. The predicted octanol–water partition coefficient (Wildman–Crippen LogP) is 3.28. The van der Waals surface area contributed by atoms with E-state index in [9.17, 15) is 9.18 Å². The van der Waals surface area contributed by atoms with E-state index in [2.05, 4.69) is 0 Å². The molecule has 0 unspecified atom stereocenters. The Labute approximate surface area is 72.5 Å². The number of halogens is 2. The van der Waals surface area contributed by atoms with E-state index in [1.54, 1.807) is 12.1 Å². The van der Waals surface area contributed by atoms with Gasteiger partial charge in [0.15, 0.2) is 0 Å². The Bertz CT molecular complexity index is 277. The Morgan fingerprint density at radius 3 is 2.64 bits per heavy atom. The lowest BCUT2D eigenvalue weighted by atomic mass is 10.4. The van der Waals surface area contributed by atoms with Crippen LogP contribution >= 0.6 is 23.4 Å². The van der Waals surface area contributed by atoms with Crippen LogP contribution in [0.1, 0.15) is 0 Å². The van der Waals surface area contributed by atoms with Crippen LogP contribution in [0.4, 0.5) is 9.18 Å². The van der Waals surface area contributed by atoms with Crippen LogP contribution in [0.15, 0.2) is 29.2 Å². The van der Waals surface area contributed by atoms with Crippen LogP contribution in [0, 0.1) is 5.82 Å². The van der Waals surface area contributed by atoms with Gasteiger partial charge in [-0.05, 0) is 35.5 Å². The average Bonchev–Trinajstić information content (AvgIpc) is 1.93. The summed E-state index contributed by atoms with van der Waals surface area (Å²) in [7, 11) is 0. The number of carbonyl (C=O) groups is 1. The predicted molar refractivity (Wildman–Crippen MR) is 43.5 cm³/mol. The molecule has 1 aromatic rings. The van der Waals surface area contributed by atoms with E-state index in [1.807, 2.05) is 0 Å². The Kier molecular flexibility index (Phi) is 2.91. The van der Waals surface area contributed by atoms with Crippen LogP contribution in [0.5, 0.6) is 0 Å². The molecule has 0 atom stereocenters. The minimum Gasteiger partial charge on any atom is -0.268 e. The van der Waals surface area contributed by atoms with Crippen molar-refractivity contribution in [3.8, 4) is 0 Å². The zero-order valence-corrected chi connectivity index (χ0v) is 6.95. The fraction of sp³-hybridized carbons (Fsp3) is 0. The van der Waals surface area contributed by atoms with Gasteiger partial charge in [0, 0.05) is 0 Å². The van der Waals surface area contributed by atoms with E-state index in [-0.39, 0.29) is 4.90 Å². The Morgan fingerprint density at radius 2 is 2.09 bits per heavy atom. The molecule has 1 rings (SSSR count). The lowest BCUT2D eigenvalue weighted by molar-refractivity contribution is 0.276. The normalized spacial score (nSPS) is 9.64. The molecule has 0 aliphatic heterocycles. The number of rotatable bonds is 1. The minimum absolute atomic E-state index is 0.257. The van der Waals surface area contributed by atoms with Gasteiger partial charge in [0.25, 0.3) is 4.57 Å². The van der Waals surface area contributed by atoms with Gasteiger partial charge in [-0.25, -0.2) is 4.39 Å². The van der Waals surface area contributed by atoms with Gasteiger partial charge >= 0.3 is 0 Å². The highest BCUT2D eigenvalue weighted by Crippen LogP contribution is 2.23. The molecular weight excluding hydrogens is 187 g/mol. The van der Waals surface area contributed by atoms with E-state index >= 15 is 0 Å². The van der Waals surface area contributed by atoms with Gasteiger partial charge in [-0.3, -0.25) is 4.79 Å². The van der Waals surface area contributed by atoms with E-state index < -0.39 is 10.4 Å². The highest BCUT2D eigenvalue weighted by atomic mass is 35.5. The van der Waals surface area contributed by atoms with Gasteiger partial charge in [0.2, 0.25) is 0 Å². The number of thioether (sulfide) groups is 1. The van der Waals surface area contributed by atoms with Crippen LogP contribution in [-0.4, -0.2) is 4.57 Å². The van der Waals surface area contributed by atoms with Crippen molar-refractivity contribution < 1.29 is 9.18 Å². The smallest absolute Gasteiger partial charge is 0.268 e. The summed E-state index contributed by atoms with van der Waals surface area (Å²) in [5.41, 5.74) is 0. The maximum atomic E-state index is 12.7. The molecule has 0 saturated heterocycles. The molecule has 0 aliphatic rings. The first-order valence-electron chi connectivity index (χ1n) is 2.82. The van der Waals surface area contributed by atoms with Crippen LogP contribution in [0.3, 0.4) is 0 Å². The number of carbonyl (C=O) groups excluding carboxylic acids is 1. The molecule has 0 bridgehead atoms. The molecule has 0 spiro atoms. The molecule has 58 valence electrons. The van der Waals surface area contributed by atoms with Crippen molar-refractivity contribution in [1.29, 1.82) is 0 Å². The SMILES string of the molecule is O=C(Cl)Sc1ccccc1F. The average molecular weight is 191 g/mol. The van der Waals surface area contributed by atoms with Crippen molar-refractivity contribution in [3.63, 3.8) is 0 Å². The molecule has 0 aliphatic carbocycles. The highest BCUT2D eigenvalue weighted by Gasteiger charge is 2.04. The third-order valence-corrected chi connectivity index (χ3v) is 1.97. The summed E-state index contributed by atoms with van der Waals surface area (Å²) < 4.78 is 12.1. The fourth-order valence-electron chi connectivity index (χ4n) is 0.614. The fourth-order valence-corrected chi connectivity index (χ4v) is 1.35. The molecule has 0 fully saturated rings. The first kappa shape index (κ1) is 8.56. The summed E-state index contributed by atoms with van der Waals surface area (Å²) in [5.74, 6) is -0.425. The second-order valence-corrected chi connectivity index (χ2v) is 3.35. The van der Waals surface area contributed by atoms with Crippen molar-refractivity contribution in [3.05, 3.63) is 30.1 Å². The molecule has 0 N–H and O–H groups in total. The van der Waals surface area contributed by atoms with Crippen molar-refractivity contribution in [2.24, 2.45) is 0 Å². The second-order valence-electron chi connectivity index (χ2n) is 1.77. The molecule has 0 radical (unpaired) electrons. The van der Waals surface area contributed by atoms with Gasteiger partial charge in [-0.2, -0.15) is 0 Å².